The van der Waals surface area contributed by atoms with Crippen LogP contribution in [0.25, 0.3) is 0 Å². The normalized spacial score (nSPS) is 9.72. The summed E-state index contributed by atoms with van der Waals surface area (Å²) in [7, 11) is 0. The summed E-state index contributed by atoms with van der Waals surface area (Å²) in [5.41, 5.74) is 0.752. The number of nitrogens with zero attached hydrogens (tertiary/aromatic N) is 3. The van der Waals surface area contributed by atoms with Gasteiger partial charge in [0.25, 0.3) is 5.91 Å². The lowest BCUT2D eigenvalue weighted by atomic mass is 10.2. The highest BCUT2D eigenvalue weighted by molar-refractivity contribution is 7.09. The Morgan fingerprint density at radius 3 is 2.94 bits per heavy atom. The Bertz CT molecular complexity index is 557. The molecule has 0 saturated carbocycles. The minimum absolute atomic E-state index is 0.240. The van der Waals surface area contributed by atoms with Gasteiger partial charge >= 0.3 is 0 Å². The average Bonchev–Trinajstić information content (AvgIpc) is 2.92. The predicted octanol–water partition coefficient (Wildman–Crippen LogP) is 1.38. The van der Waals surface area contributed by atoms with Gasteiger partial charge in [-0.05, 0) is 12.1 Å². The minimum atomic E-state index is -0.240. The van der Waals surface area contributed by atoms with Gasteiger partial charge in [0.1, 0.15) is 11.8 Å². The number of carbonyl (C=O) groups excluding carboxylic acids is 1. The predicted molar refractivity (Wildman–Crippen MR) is 67.1 cm³/mol. The maximum absolute atomic E-state index is 11.7. The molecule has 0 aliphatic carbocycles. The van der Waals surface area contributed by atoms with Gasteiger partial charge < -0.3 is 5.32 Å². The Morgan fingerprint density at radius 2 is 2.33 bits per heavy atom. The van der Waals surface area contributed by atoms with E-state index in [2.05, 4.69) is 15.3 Å². The molecule has 0 unspecified atom stereocenters. The Hall–Kier alpha value is -2.26. The van der Waals surface area contributed by atoms with Crippen LogP contribution < -0.4 is 5.32 Å². The van der Waals surface area contributed by atoms with Gasteiger partial charge in [-0.3, -0.25) is 4.79 Å². The number of amides is 1. The van der Waals surface area contributed by atoms with Crippen molar-refractivity contribution >= 4 is 17.2 Å². The standard InChI is InChI=1S/C12H10N4OS/c13-7-9-1-2-10(16-8-9)12(17)15-4-3-11-14-5-6-18-11/h1-2,5-6,8H,3-4H2,(H,15,17). The molecule has 0 atom stereocenters. The van der Waals surface area contributed by atoms with Crippen molar-refractivity contribution in [1.82, 2.24) is 15.3 Å². The molecular weight excluding hydrogens is 248 g/mol. The molecule has 2 aromatic rings. The molecule has 18 heavy (non-hydrogen) atoms. The van der Waals surface area contributed by atoms with E-state index in [1.54, 1.807) is 23.6 Å². The van der Waals surface area contributed by atoms with E-state index in [0.29, 0.717) is 24.2 Å². The smallest absolute Gasteiger partial charge is 0.269 e. The number of carbonyl (C=O) groups is 1. The summed E-state index contributed by atoms with van der Waals surface area (Å²) in [4.78, 5) is 19.7. The molecule has 1 N–H and O–H groups in total. The van der Waals surface area contributed by atoms with Crippen LogP contribution in [0.2, 0.25) is 0 Å². The van der Waals surface area contributed by atoms with Gasteiger partial charge in [-0.25, -0.2) is 9.97 Å². The monoisotopic (exact) mass is 258 g/mol. The number of rotatable bonds is 4. The van der Waals surface area contributed by atoms with Crippen molar-refractivity contribution in [2.45, 2.75) is 6.42 Å². The van der Waals surface area contributed by atoms with Crippen LogP contribution in [0.15, 0.2) is 29.9 Å². The molecule has 0 aliphatic rings. The second-order valence-electron chi connectivity index (χ2n) is 3.48. The van der Waals surface area contributed by atoms with Gasteiger partial charge in [0.2, 0.25) is 0 Å². The summed E-state index contributed by atoms with van der Waals surface area (Å²) < 4.78 is 0. The molecule has 0 saturated heterocycles. The van der Waals surface area contributed by atoms with Crippen LogP contribution in [-0.2, 0) is 6.42 Å². The maximum atomic E-state index is 11.7. The van der Waals surface area contributed by atoms with E-state index in [1.165, 1.54) is 12.3 Å². The first-order valence-corrected chi connectivity index (χ1v) is 6.20. The number of hydrogen-bond donors (Lipinski definition) is 1. The SMILES string of the molecule is N#Cc1ccc(C(=O)NCCc2nccs2)nc1. The van der Waals surface area contributed by atoms with Crippen molar-refractivity contribution in [2.24, 2.45) is 0 Å². The zero-order valence-electron chi connectivity index (χ0n) is 9.46. The van der Waals surface area contributed by atoms with Gasteiger partial charge in [-0.15, -0.1) is 11.3 Å². The Balaban J connectivity index is 1.86. The van der Waals surface area contributed by atoms with Gasteiger partial charge in [-0.1, -0.05) is 0 Å². The summed E-state index contributed by atoms with van der Waals surface area (Å²) >= 11 is 1.56. The van der Waals surface area contributed by atoms with E-state index in [4.69, 9.17) is 5.26 Å². The van der Waals surface area contributed by atoms with E-state index in [-0.39, 0.29) is 5.91 Å². The molecule has 5 nitrogen and oxygen atoms in total. The maximum Gasteiger partial charge on any atom is 0.269 e. The lowest BCUT2D eigenvalue weighted by molar-refractivity contribution is 0.0949. The number of pyridine rings is 1. The van der Waals surface area contributed by atoms with E-state index in [0.717, 1.165) is 5.01 Å². The Morgan fingerprint density at radius 1 is 1.44 bits per heavy atom. The van der Waals surface area contributed by atoms with Gasteiger partial charge in [0, 0.05) is 30.7 Å². The van der Waals surface area contributed by atoms with Crippen molar-refractivity contribution in [3.05, 3.63) is 46.2 Å². The first-order valence-electron chi connectivity index (χ1n) is 5.32. The third-order valence-corrected chi connectivity index (χ3v) is 3.07. The molecule has 90 valence electrons. The van der Waals surface area contributed by atoms with Crippen molar-refractivity contribution in [3.8, 4) is 6.07 Å². The van der Waals surface area contributed by atoms with Crippen molar-refractivity contribution in [3.63, 3.8) is 0 Å². The molecule has 0 fully saturated rings. The quantitative estimate of drug-likeness (QED) is 0.898. The third kappa shape index (κ3) is 3.12. The molecule has 0 aromatic carbocycles. The molecule has 0 aliphatic heterocycles. The van der Waals surface area contributed by atoms with Gasteiger partial charge in [-0.2, -0.15) is 5.26 Å². The number of nitriles is 1. The lowest BCUT2D eigenvalue weighted by Crippen LogP contribution is -2.26. The molecule has 0 radical (unpaired) electrons. The van der Waals surface area contributed by atoms with Crippen LogP contribution in [0.3, 0.4) is 0 Å². The van der Waals surface area contributed by atoms with Crippen molar-refractivity contribution in [2.75, 3.05) is 6.54 Å². The van der Waals surface area contributed by atoms with Crippen LogP contribution in [0, 0.1) is 11.3 Å². The fourth-order valence-electron chi connectivity index (χ4n) is 1.34. The van der Waals surface area contributed by atoms with Crippen molar-refractivity contribution < 1.29 is 4.79 Å². The topological polar surface area (TPSA) is 78.7 Å². The number of aromatic nitrogens is 2. The highest BCUT2D eigenvalue weighted by atomic mass is 32.1. The Labute approximate surface area is 108 Å². The minimum Gasteiger partial charge on any atom is -0.350 e. The summed E-state index contributed by atoms with van der Waals surface area (Å²) in [5.74, 6) is -0.240. The zero-order valence-corrected chi connectivity index (χ0v) is 10.3. The lowest BCUT2D eigenvalue weighted by Gasteiger charge is -2.02. The van der Waals surface area contributed by atoms with Crippen LogP contribution >= 0.6 is 11.3 Å². The first kappa shape index (κ1) is 12.2. The molecule has 2 heterocycles. The highest BCUT2D eigenvalue weighted by Crippen LogP contribution is 2.04. The first-order chi connectivity index (χ1) is 8.79. The number of hydrogen-bond acceptors (Lipinski definition) is 5. The van der Waals surface area contributed by atoms with E-state index < -0.39 is 0 Å². The fourth-order valence-corrected chi connectivity index (χ4v) is 1.96. The molecule has 0 bridgehead atoms. The second-order valence-corrected chi connectivity index (χ2v) is 4.45. The average molecular weight is 258 g/mol. The molecule has 6 heteroatoms. The summed E-state index contributed by atoms with van der Waals surface area (Å²) in [5, 5.41) is 14.3. The fraction of sp³-hybridized carbons (Fsp3) is 0.167. The molecular formula is C12H10N4OS. The van der Waals surface area contributed by atoms with Gasteiger partial charge in [0.15, 0.2) is 0 Å². The molecule has 2 aromatic heterocycles. The van der Waals surface area contributed by atoms with E-state index >= 15 is 0 Å². The van der Waals surface area contributed by atoms with Crippen LogP contribution in [-0.4, -0.2) is 22.4 Å². The summed E-state index contributed by atoms with van der Waals surface area (Å²) in [6, 6.07) is 5.06. The van der Waals surface area contributed by atoms with E-state index in [1.807, 2.05) is 11.4 Å². The van der Waals surface area contributed by atoms with Crippen molar-refractivity contribution in [1.29, 1.82) is 5.26 Å². The Kier molecular flexibility index (Phi) is 3.99. The van der Waals surface area contributed by atoms with Crippen LogP contribution in [0.5, 0.6) is 0 Å². The van der Waals surface area contributed by atoms with E-state index in [9.17, 15) is 4.79 Å². The molecule has 0 spiro atoms. The molecule has 2 rings (SSSR count). The zero-order chi connectivity index (χ0) is 12.8. The number of thiazole rings is 1. The summed E-state index contributed by atoms with van der Waals surface area (Å²) in [6.45, 7) is 0.522. The van der Waals surface area contributed by atoms with Crippen LogP contribution in [0.1, 0.15) is 21.1 Å². The van der Waals surface area contributed by atoms with Crippen LogP contribution in [0.4, 0.5) is 0 Å². The van der Waals surface area contributed by atoms with Gasteiger partial charge in [0.05, 0.1) is 10.6 Å². The number of nitrogens with one attached hydrogen (secondary N) is 1. The molecule has 1 amide bonds. The second kappa shape index (κ2) is 5.89. The third-order valence-electron chi connectivity index (χ3n) is 2.23. The summed E-state index contributed by atoms with van der Waals surface area (Å²) in [6.07, 6.45) is 3.83. The highest BCUT2D eigenvalue weighted by Gasteiger charge is 2.06. The largest absolute Gasteiger partial charge is 0.350 e.